The Kier molecular flexibility index (Phi) is 6.95. The summed E-state index contributed by atoms with van der Waals surface area (Å²) in [5, 5.41) is 6.25. The lowest BCUT2D eigenvalue weighted by Gasteiger charge is -2.53. The van der Waals surface area contributed by atoms with E-state index in [2.05, 4.69) is 15.6 Å². The van der Waals surface area contributed by atoms with Crippen LogP contribution < -0.4 is 15.4 Å². The van der Waals surface area contributed by atoms with E-state index in [1.165, 1.54) is 12.0 Å². The first-order valence-corrected chi connectivity index (χ1v) is 14.0. The van der Waals surface area contributed by atoms with E-state index in [9.17, 15) is 19.2 Å². The Labute approximate surface area is 234 Å². The van der Waals surface area contributed by atoms with Crippen molar-refractivity contribution in [2.75, 3.05) is 20.3 Å². The van der Waals surface area contributed by atoms with Crippen molar-refractivity contribution in [1.82, 2.24) is 20.5 Å². The van der Waals surface area contributed by atoms with Crippen LogP contribution in [0.2, 0.25) is 0 Å². The number of carbonyl (C=O) groups is 4. The topological polar surface area (TPSA) is 130 Å². The van der Waals surface area contributed by atoms with E-state index in [0.717, 1.165) is 0 Å². The van der Waals surface area contributed by atoms with Crippen LogP contribution in [0.25, 0.3) is 10.9 Å². The fourth-order valence-corrected chi connectivity index (χ4v) is 6.81. The molecule has 12 heteroatoms. The van der Waals surface area contributed by atoms with Gasteiger partial charge in [0.05, 0.1) is 19.6 Å². The molecule has 218 valence electrons. The van der Waals surface area contributed by atoms with E-state index in [4.69, 9.17) is 9.47 Å². The number of aromatic amines is 1. The summed E-state index contributed by atoms with van der Waals surface area (Å²) in [5.74, 6) is -6.28. The molecule has 5 fully saturated rings. The molecule has 3 N–H and O–H groups in total. The smallest absolute Gasteiger partial charge is 0.333 e. The van der Waals surface area contributed by atoms with Gasteiger partial charge in [0.15, 0.2) is 0 Å². The maximum absolute atomic E-state index is 15.2. The monoisotopic (exact) mass is 570 g/mol. The lowest BCUT2D eigenvalue weighted by atomic mass is 9.71. The predicted octanol–water partition coefficient (Wildman–Crippen LogP) is 2.69. The van der Waals surface area contributed by atoms with Crippen LogP contribution >= 0.6 is 0 Å². The van der Waals surface area contributed by atoms with E-state index in [1.54, 1.807) is 30.3 Å². The van der Waals surface area contributed by atoms with Crippen LogP contribution in [-0.2, 0) is 19.1 Å². The van der Waals surface area contributed by atoms with Crippen molar-refractivity contribution in [3.63, 3.8) is 0 Å². The molecule has 0 radical (unpaired) electrons. The van der Waals surface area contributed by atoms with Crippen molar-refractivity contribution in [3.05, 3.63) is 41.6 Å². The number of piperidine rings is 2. The first-order valence-electron chi connectivity index (χ1n) is 14.0. The third-order valence-electron chi connectivity index (χ3n) is 8.81. The number of hydrogen-bond donors (Lipinski definition) is 3. The largest absolute Gasteiger partial charge is 0.496 e. The minimum Gasteiger partial charge on any atom is -0.496 e. The maximum Gasteiger partial charge on any atom is 0.333 e. The number of halogens is 2. The van der Waals surface area contributed by atoms with E-state index in [0.29, 0.717) is 48.0 Å². The van der Waals surface area contributed by atoms with Gasteiger partial charge in [-0.15, -0.1) is 0 Å². The number of hydrogen-bond acceptors (Lipinski definition) is 6. The van der Waals surface area contributed by atoms with Gasteiger partial charge in [-0.25, -0.2) is 13.6 Å². The SMILES string of the molecule is COc1cccc2[nH]c(C(=O)N3[C@@H]4CC[C@H]([C@@H]3C(=O)N[C@@H](/C=C3/CCOC3=O)C[C@H]3CCNC3=O)C(F)(F)C4)cc12. The van der Waals surface area contributed by atoms with Gasteiger partial charge >= 0.3 is 5.97 Å². The minimum absolute atomic E-state index is 0.100. The van der Waals surface area contributed by atoms with Crippen molar-refractivity contribution in [2.24, 2.45) is 11.8 Å². The number of fused-ring (bicyclic) bond motifs is 4. The molecule has 2 bridgehead atoms. The Hall–Kier alpha value is -3.96. The van der Waals surface area contributed by atoms with Crippen molar-refractivity contribution in [3.8, 4) is 5.75 Å². The van der Waals surface area contributed by atoms with Crippen LogP contribution in [0.1, 0.15) is 49.0 Å². The number of ether oxygens (including phenoxy) is 2. The highest BCUT2D eigenvalue weighted by Crippen LogP contribution is 2.49. The van der Waals surface area contributed by atoms with Crippen LogP contribution in [0.4, 0.5) is 8.78 Å². The Morgan fingerprint density at radius 1 is 1.27 bits per heavy atom. The molecule has 4 saturated heterocycles. The highest BCUT2D eigenvalue weighted by Gasteiger charge is 2.60. The Morgan fingerprint density at radius 2 is 2.10 bits per heavy atom. The quantitative estimate of drug-likeness (QED) is 0.347. The number of benzene rings is 1. The number of nitrogens with zero attached hydrogens (tertiary/aromatic N) is 1. The van der Waals surface area contributed by atoms with Crippen LogP contribution in [0.15, 0.2) is 35.9 Å². The first-order chi connectivity index (χ1) is 19.7. The van der Waals surface area contributed by atoms with E-state index in [1.807, 2.05) is 0 Å². The zero-order valence-electron chi connectivity index (χ0n) is 22.6. The number of nitrogens with one attached hydrogen (secondary N) is 3. The standard InChI is InChI=1S/C29H32F2N4O6/c1-40-23-4-2-3-21-19(23)13-22(34-21)27(38)35-18-5-6-20(29(30,31)14-18)24(35)26(37)33-17(11-15-7-9-32-25(15)36)12-16-8-10-41-28(16)39/h2-4,12-13,15,17-18,20,24,34H,5-11,14H2,1H3,(H,32,36)(H,33,37)/b16-12-/t15-,17-,18-,20-,24-/m1/s1. The van der Waals surface area contributed by atoms with Gasteiger partial charge in [0, 0.05) is 53.9 Å². The second kappa shape index (κ2) is 10.5. The maximum atomic E-state index is 15.2. The van der Waals surface area contributed by atoms with Gasteiger partial charge in [-0.1, -0.05) is 12.1 Å². The number of cyclic esters (lactones) is 1. The summed E-state index contributed by atoms with van der Waals surface area (Å²) >= 11 is 0. The summed E-state index contributed by atoms with van der Waals surface area (Å²) < 4.78 is 40.9. The number of aromatic nitrogens is 1. The van der Waals surface area contributed by atoms with E-state index >= 15 is 8.78 Å². The number of rotatable bonds is 7. The number of esters is 1. The summed E-state index contributed by atoms with van der Waals surface area (Å²) in [4.78, 5) is 56.6. The molecule has 7 rings (SSSR count). The van der Waals surface area contributed by atoms with Gasteiger partial charge in [0.25, 0.3) is 11.8 Å². The van der Waals surface area contributed by atoms with Gasteiger partial charge in [0.1, 0.15) is 17.5 Å². The van der Waals surface area contributed by atoms with Crippen LogP contribution in [0.3, 0.4) is 0 Å². The van der Waals surface area contributed by atoms with Crippen LogP contribution in [-0.4, -0.2) is 77.9 Å². The summed E-state index contributed by atoms with van der Waals surface area (Å²) in [6, 6.07) is 3.89. The summed E-state index contributed by atoms with van der Waals surface area (Å²) in [6.45, 7) is 0.713. The molecule has 10 nitrogen and oxygen atoms in total. The number of methoxy groups -OCH3 is 1. The molecule has 0 unspecified atom stereocenters. The van der Waals surface area contributed by atoms with Gasteiger partial charge in [-0.3, -0.25) is 14.4 Å². The van der Waals surface area contributed by atoms with Crippen molar-refractivity contribution >= 4 is 34.6 Å². The third kappa shape index (κ3) is 4.93. The highest BCUT2D eigenvalue weighted by molar-refractivity contribution is 6.02. The van der Waals surface area contributed by atoms with Crippen molar-refractivity contribution in [2.45, 2.75) is 62.6 Å². The zero-order chi connectivity index (χ0) is 28.9. The van der Waals surface area contributed by atoms with Gasteiger partial charge in [0.2, 0.25) is 11.8 Å². The van der Waals surface area contributed by atoms with Crippen LogP contribution in [0, 0.1) is 11.8 Å². The molecule has 5 heterocycles. The minimum atomic E-state index is -3.13. The second-order valence-corrected chi connectivity index (χ2v) is 11.3. The number of amides is 3. The fourth-order valence-electron chi connectivity index (χ4n) is 6.81. The van der Waals surface area contributed by atoms with Gasteiger partial charge in [-0.2, -0.15) is 0 Å². The zero-order valence-corrected chi connectivity index (χ0v) is 22.6. The molecule has 1 aromatic heterocycles. The lowest BCUT2D eigenvalue weighted by molar-refractivity contribution is -0.179. The summed E-state index contributed by atoms with van der Waals surface area (Å²) in [7, 11) is 1.52. The molecule has 1 saturated carbocycles. The Morgan fingerprint density at radius 3 is 2.78 bits per heavy atom. The Balaban J connectivity index is 1.32. The van der Waals surface area contributed by atoms with Crippen LogP contribution in [0.5, 0.6) is 5.75 Å². The first kappa shape index (κ1) is 27.2. The Bertz CT molecular complexity index is 1440. The average Bonchev–Trinajstić information content (AvgIpc) is 3.67. The van der Waals surface area contributed by atoms with E-state index in [-0.39, 0.29) is 31.0 Å². The molecule has 0 spiro atoms. The second-order valence-electron chi connectivity index (χ2n) is 11.3. The third-order valence-corrected chi connectivity index (χ3v) is 8.81. The predicted molar refractivity (Wildman–Crippen MR) is 142 cm³/mol. The molecular formula is C29H32F2N4O6. The molecule has 1 aromatic carbocycles. The van der Waals surface area contributed by atoms with Gasteiger partial charge in [-0.05, 0) is 43.9 Å². The molecule has 2 aromatic rings. The van der Waals surface area contributed by atoms with Crippen molar-refractivity contribution in [1.29, 1.82) is 0 Å². The molecule has 4 aliphatic heterocycles. The highest BCUT2D eigenvalue weighted by atomic mass is 19.3. The van der Waals surface area contributed by atoms with Gasteiger partial charge < -0.3 is 30.0 Å². The summed E-state index contributed by atoms with van der Waals surface area (Å²) in [5.41, 5.74) is 1.18. The molecule has 3 amide bonds. The molecule has 5 aliphatic rings. The fraction of sp³-hybridized carbons (Fsp3) is 0.517. The molecule has 41 heavy (non-hydrogen) atoms. The number of carbonyl (C=O) groups excluding carboxylic acids is 4. The van der Waals surface area contributed by atoms with E-state index < -0.39 is 60.1 Å². The van der Waals surface area contributed by atoms with Crippen molar-refractivity contribution < 1.29 is 37.4 Å². The number of H-pyrrole nitrogens is 1. The molecule has 1 aliphatic carbocycles. The molecule has 5 atom stereocenters. The lowest BCUT2D eigenvalue weighted by Crippen LogP contribution is -2.68. The normalized spacial score (nSPS) is 28.6. The summed E-state index contributed by atoms with van der Waals surface area (Å²) in [6.07, 6.45) is 2.61. The average molecular weight is 571 g/mol. The number of alkyl halides is 2. The molecular weight excluding hydrogens is 538 g/mol.